The topological polar surface area (TPSA) is 21.3 Å². The molecule has 1 aromatic rings. The van der Waals surface area contributed by atoms with Gasteiger partial charge in [-0.05, 0) is 41.0 Å². The molecule has 1 N–H and O–H groups in total. The summed E-state index contributed by atoms with van der Waals surface area (Å²) in [5, 5.41) is 3.97. The van der Waals surface area contributed by atoms with E-state index in [1.807, 2.05) is 25.2 Å². The fourth-order valence-corrected chi connectivity index (χ4v) is 2.10. The molecule has 1 rings (SSSR count). The molecule has 0 fully saturated rings. The van der Waals surface area contributed by atoms with E-state index in [9.17, 15) is 0 Å². The minimum atomic E-state index is 0.136. The number of ether oxygens (including phenoxy) is 1. The van der Waals surface area contributed by atoms with Crippen molar-refractivity contribution in [2.24, 2.45) is 0 Å². The minimum Gasteiger partial charge on any atom is -0.379 e. The second kappa shape index (κ2) is 7.28. The van der Waals surface area contributed by atoms with Crippen molar-refractivity contribution in [3.8, 4) is 0 Å². The number of benzene rings is 1. The molecular weight excluding hydrogens is 289 g/mol. The van der Waals surface area contributed by atoms with Crippen LogP contribution in [-0.4, -0.2) is 20.3 Å². The smallest absolute Gasteiger partial charge is 0.0661 e. The van der Waals surface area contributed by atoms with Crippen molar-refractivity contribution in [3.05, 3.63) is 33.3 Å². The third-order valence-electron chi connectivity index (χ3n) is 2.34. The summed E-state index contributed by atoms with van der Waals surface area (Å²) in [6.45, 7) is 3.52. The maximum atomic E-state index is 6.24. The lowest BCUT2D eigenvalue weighted by atomic mass is 10.1. The van der Waals surface area contributed by atoms with Crippen molar-refractivity contribution in [1.82, 2.24) is 5.32 Å². The van der Waals surface area contributed by atoms with Crippen LogP contribution < -0.4 is 5.32 Å². The zero-order chi connectivity index (χ0) is 12.0. The van der Waals surface area contributed by atoms with Gasteiger partial charge in [-0.1, -0.05) is 30.7 Å². The molecule has 0 saturated heterocycles. The molecule has 2 nitrogen and oxygen atoms in total. The van der Waals surface area contributed by atoms with Gasteiger partial charge < -0.3 is 10.1 Å². The fourth-order valence-electron chi connectivity index (χ4n) is 1.46. The van der Waals surface area contributed by atoms with Gasteiger partial charge in [0, 0.05) is 11.1 Å². The Hall–Kier alpha value is -0.0900. The van der Waals surface area contributed by atoms with Crippen LogP contribution in [-0.2, 0) is 4.74 Å². The highest BCUT2D eigenvalue weighted by molar-refractivity contribution is 9.10. The molecule has 4 heteroatoms. The van der Waals surface area contributed by atoms with Gasteiger partial charge in [0.1, 0.15) is 0 Å². The van der Waals surface area contributed by atoms with Crippen LogP contribution in [0.3, 0.4) is 0 Å². The van der Waals surface area contributed by atoms with Gasteiger partial charge in [-0.3, -0.25) is 0 Å². The molecule has 90 valence electrons. The molecule has 0 aromatic heterocycles. The largest absolute Gasteiger partial charge is 0.379 e. The summed E-state index contributed by atoms with van der Waals surface area (Å²) in [4.78, 5) is 0. The van der Waals surface area contributed by atoms with Crippen LogP contribution in [0.25, 0.3) is 0 Å². The zero-order valence-electron chi connectivity index (χ0n) is 9.59. The third kappa shape index (κ3) is 3.74. The van der Waals surface area contributed by atoms with E-state index in [4.69, 9.17) is 16.3 Å². The lowest BCUT2D eigenvalue weighted by Gasteiger charge is -2.18. The summed E-state index contributed by atoms with van der Waals surface area (Å²) >= 11 is 9.66. The second-order valence-corrected chi connectivity index (χ2v) is 4.79. The first kappa shape index (κ1) is 14.0. The van der Waals surface area contributed by atoms with E-state index in [1.54, 1.807) is 0 Å². The molecule has 1 atom stereocenters. The van der Waals surface area contributed by atoms with Gasteiger partial charge in [0.05, 0.1) is 17.7 Å². The van der Waals surface area contributed by atoms with Crippen LogP contribution in [0.1, 0.15) is 24.9 Å². The number of likely N-dealkylation sites (N-methyl/N-ethyl adjacent to an activating group) is 1. The fraction of sp³-hybridized carbons (Fsp3) is 0.500. The van der Waals surface area contributed by atoms with Crippen molar-refractivity contribution < 1.29 is 4.74 Å². The summed E-state index contributed by atoms with van der Waals surface area (Å²) in [6, 6.07) is 6.07. The van der Waals surface area contributed by atoms with Crippen LogP contribution >= 0.6 is 27.5 Å². The first-order valence-corrected chi connectivity index (χ1v) is 6.56. The maximum absolute atomic E-state index is 6.24. The quantitative estimate of drug-likeness (QED) is 0.807. The average Bonchev–Trinajstić information content (AvgIpc) is 2.29. The Bertz CT molecular complexity index is 333. The van der Waals surface area contributed by atoms with E-state index in [0.29, 0.717) is 6.61 Å². The maximum Gasteiger partial charge on any atom is 0.0661 e. The standard InChI is InChI=1S/C12H17BrClNO/c1-3-7-16-8-11(15-2)9-5-4-6-10(13)12(9)14/h4-6,11,15H,3,7-8H2,1-2H3. The molecule has 0 saturated carbocycles. The molecule has 0 aliphatic heterocycles. The molecule has 16 heavy (non-hydrogen) atoms. The Kier molecular flexibility index (Phi) is 6.36. The van der Waals surface area contributed by atoms with Crippen LogP contribution in [0.2, 0.25) is 5.02 Å². The first-order chi connectivity index (χ1) is 7.70. The molecule has 1 unspecified atom stereocenters. The monoisotopic (exact) mass is 305 g/mol. The van der Waals surface area contributed by atoms with Gasteiger partial charge in [-0.25, -0.2) is 0 Å². The Morgan fingerprint density at radius 1 is 1.50 bits per heavy atom. The van der Waals surface area contributed by atoms with E-state index in [0.717, 1.165) is 28.1 Å². The molecule has 0 amide bonds. The molecule has 1 aromatic carbocycles. The SMILES string of the molecule is CCCOCC(NC)c1cccc(Br)c1Cl. The Balaban J connectivity index is 2.74. The van der Waals surface area contributed by atoms with Crippen molar-refractivity contribution in [2.45, 2.75) is 19.4 Å². The average molecular weight is 307 g/mol. The van der Waals surface area contributed by atoms with Gasteiger partial charge in [-0.2, -0.15) is 0 Å². The molecular formula is C12H17BrClNO. The van der Waals surface area contributed by atoms with Crippen LogP contribution in [0.15, 0.2) is 22.7 Å². The van der Waals surface area contributed by atoms with Gasteiger partial charge in [0.2, 0.25) is 0 Å². The molecule has 0 radical (unpaired) electrons. The lowest BCUT2D eigenvalue weighted by Crippen LogP contribution is -2.22. The highest BCUT2D eigenvalue weighted by Gasteiger charge is 2.14. The normalized spacial score (nSPS) is 12.8. The van der Waals surface area contributed by atoms with Crippen molar-refractivity contribution in [1.29, 1.82) is 0 Å². The van der Waals surface area contributed by atoms with Crippen molar-refractivity contribution in [2.75, 3.05) is 20.3 Å². The predicted octanol–water partition coefficient (Wildman–Crippen LogP) is 3.79. The van der Waals surface area contributed by atoms with Crippen LogP contribution in [0, 0.1) is 0 Å². The predicted molar refractivity (Wildman–Crippen MR) is 72.1 cm³/mol. The lowest BCUT2D eigenvalue weighted by molar-refractivity contribution is 0.114. The Morgan fingerprint density at radius 2 is 2.25 bits per heavy atom. The molecule has 0 spiro atoms. The Morgan fingerprint density at radius 3 is 2.88 bits per heavy atom. The summed E-state index contributed by atoms with van der Waals surface area (Å²) in [7, 11) is 1.91. The summed E-state index contributed by atoms with van der Waals surface area (Å²) in [5.41, 5.74) is 1.06. The van der Waals surface area contributed by atoms with E-state index < -0.39 is 0 Å². The summed E-state index contributed by atoms with van der Waals surface area (Å²) < 4.78 is 6.47. The molecule has 0 bridgehead atoms. The van der Waals surface area contributed by atoms with Gasteiger partial charge in [-0.15, -0.1) is 0 Å². The van der Waals surface area contributed by atoms with E-state index in [1.165, 1.54) is 0 Å². The summed E-state index contributed by atoms with van der Waals surface area (Å²) in [6.07, 6.45) is 1.03. The number of halogens is 2. The number of hydrogen-bond acceptors (Lipinski definition) is 2. The zero-order valence-corrected chi connectivity index (χ0v) is 11.9. The third-order valence-corrected chi connectivity index (χ3v) is 3.65. The highest BCUT2D eigenvalue weighted by Crippen LogP contribution is 2.30. The van der Waals surface area contributed by atoms with E-state index in [-0.39, 0.29) is 6.04 Å². The van der Waals surface area contributed by atoms with Crippen molar-refractivity contribution in [3.63, 3.8) is 0 Å². The highest BCUT2D eigenvalue weighted by atomic mass is 79.9. The Labute approximate surface area is 110 Å². The number of rotatable bonds is 6. The van der Waals surface area contributed by atoms with E-state index in [2.05, 4.69) is 28.2 Å². The van der Waals surface area contributed by atoms with Crippen LogP contribution in [0.5, 0.6) is 0 Å². The first-order valence-electron chi connectivity index (χ1n) is 5.39. The molecule has 0 aliphatic carbocycles. The summed E-state index contributed by atoms with van der Waals surface area (Å²) in [5.74, 6) is 0. The van der Waals surface area contributed by atoms with Gasteiger partial charge in [0.15, 0.2) is 0 Å². The number of hydrogen-bond donors (Lipinski definition) is 1. The van der Waals surface area contributed by atoms with Crippen LogP contribution in [0.4, 0.5) is 0 Å². The van der Waals surface area contributed by atoms with Gasteiger partial charge >= 0.3 is 0 Å². The van der Waals surface area contributed by atoms with Gasteiger partial charge in [0.25, 0.3) is 0 Å². The van der Waals surface area contributed by atoms with Crippen molar-refractivity contribution >= 4 is 27.5 Å². The molecule has 0 heterocycles. The molecule has 0 aliphatic rings. The van der Waals surface area contributed by atoms with E-state index >= 15 is 0 Å². The number of nitrogens with one attached hydrogen (secondary N) is 1. The second-order valence-electron chi connectivity index (χ2n) is 3.56. The minimum absolute atomic E-state index is 0.136.